The van der Waals surface area contributed by atoms with Crippen molar-refractivity contribution >= 4 is 23.5 Å². The second-order valence-corrected chi connectivity index (χ2v) is 7.66. The highest BCUT2D eigenvalue weighted by atomic mass is 16.3. The Hall–Kier alpha value is -4.59. The van der Waals surface area contributed by atoms with Crippen LogP contribution in [-0.4, -0.2) is 31.9 Å². The number of hydrogen-bond donors (Lipinski definition) is 3. The molecule has 0 bridgehead atoms. The molecule has 170 valence electrons. The lowest BCUT2D eigenvalue weighted by atomic mass is 9.94. The zero-order valence-electron chi connectivity index (χ0n) is 18.7. The van der Waals surface area contributed by atoms with Gasteiger partial charge in [-0.25, -0.2) is 9.97 Å². The zero-order chi connectivity index (χ0) is 24.1. The summed E-state index contributed by atoms with van der Waals surface area (Å²) in [5.41, 5.74) is 3.06. The van der Waals surface area contributed by atoms with Gasteiger partial charge in [-0.15, -0.1) is 0 Å². The third kappa shape index (κ3) is 5.24. The molecule has 4 rings (SSSR count). The maximum Gasteiger partial charge on any atom is 0.222 e. The molecule has 8 heteroatoms. The number of hydrogen-bond acceptors (Lipinski definition) is 6. The molecule has 3 heterocycles. The Bertz CT molecular complexity index is 1300. The van der Waals surface area contributed by atoms with E-state index in [-0.39, 0.29) is 17.6 Å². The smallest absolute Gasteiger partial charge is 0.222 e. The number of nitrogens with zero attached hydrogens (tertiary/aromatic N) is 3. The van der Waals surface area contributed by atoms with Crippen LogP contribution in [-0.2, 0) is 9.59 Å². The number of carbonyl (C=O) groups is 2. The largest absolute Gasteiger partial charge is 0.507 e. The van der Waals surface area contributed by atoms with Crippen molar-refractivity contribution in [2.45, 2.75) is 19.8 Å². The Balaban J connectivity index is 1.86. The van der Waals surface area contributed by atoms with Gasteiger partial charge in [0.05, 0.1) is 28.7 Å². The molecule has 0 fully saturated rings. The van der Waals surface area contributed by atoms with Crippen LogP contribution in [0, 0.1) is 0 Å². The SMILES string of the molecule is CC(=O)Nc1cccc(C(c2cccc(NC(C)=O)n2)c2cccc(-c3ccccc3O)n2)n1. The van der Waals surface area contributed by atoms with E-state index in [1.165, 1.54) is 13.8 Å². The standard InChI is InChI=1S/C26H23N5O3/c1-16(32)27-24-14-6-11-21(30-24)26(22-12-7-15-25(31-22)28-17(2)33)20-10-5-9-19(29-20)18-8-3-4-13-23(18)34/h3-15,26,34H,1-2H3,(H,27,30,32)(H,28,31,33). The topological polar surface area (TPSA) is 117 Å². The van der Waals surface area contributed by atoms with Crippen LogP contribution in [0.2, 0.25) is 0 Å². The lowest BCUT2D eigenvalue weighted by molar-refractivity contribution is -0.115. The fraction of sp³-hybridized carbons (Fsp3) is 0.115. The van der Waals surface area contributed by atoms with Crippen molar-refractivity contribution in [2.24, 2.45) is 0 Å². The van der Waals surface area contributed by atoms with Crippen molar-refractivity contribution in [3.8, 4) is 17.0 Å². The molecule has 8 nitrogen and oxygen atoms in total. The molecule has 0 unspecified atom stereocenters. The zero-order valence-corrected chi connectivity index (χ0v) is 18.7. The van der Waals surface area contributed by atoms with Gasteiger partial charge in [-0.05, 0) is 48.5 Å². The molecular weight excluding hydrogens is 430 g/mol. The van der Waals surface area contributed by atoms with E-state index in [2.05, 4.69) is 20.6 Å². The third-order valence-electron chi connectivity index (χ3n) is 4.99. The molecule has 0 aliphatic heterocycles. The second kappa shape index (κ2) is 9.91. The van der Waals surface area contributed by atoms with Crippen LogP contribution in [0.3, 0.4) is 0 Å². The average molecular weight is 454 g/mol. The summed E-state index contributed by atoms with van der Waals surface area (Å²) in [4.78, 5) is 37.2. The van der Waals surface area contributed by atoms with Crippen LogP contribution in [0.5, 0.6) is 5.75 Å². The minimum Gasteiger partial charge on any atom is -0.507 e. The maximum absolute atomic E-state index is 11.6. The summed E-state index contributed by atoms with van der Waals surface area (Å²) in [6, 6.07) is 23.2. The molecule has 0 saturated heterocycles. The lowest BCUT2D eigenvalue weighted by Gasteiger charge is -2.18. The molecule has 0 radical (unpaired) electrons. The van der Waals surface area contributed by atoms with Crippen molar-refractivity contribution in [2.75, 3.05) is 10.6 Å². The number of benzene rings is 1. The number of carbonyl (C=O) groups excluding carboxylic acids is 2. The molecule has 0 aliphatic rings. The number of anilines is 2. The molecule has 0 saturated carbocycles. The first-order valence-corrected chi connectivity index (χ1v) is 10.6. The van der Waals surface area contributed by atoms with Crippen molar-refractivity contribution in [1.29, 1.82) is 0 Å². The Kier molecular flexibility index (Phi) is 6.59. The highest BCUT2D eigenvalue weighted by Gasteiger charge is 2.23. The second-order valence-electron chi connectivity index (χ2n) is 7.66. The third-order valence-corrected chi connectivity index (χ3v) is 4.99. The van der Waals surface area contributed by atoms with Crippen molar-refractivity contribution in [1.82, 2.24) is 15.0 Å². The number of nitrogens with one attached hydrogen (secondary N) is 2. The highest BCUT2D eigenvalue weighted by molar-refractivity contribution is 5.88. The van der Waals surface area contributed by atoms with Crippen LogP contribution in [0.25, 0.3) is 11.3 Å². The van der Waals surface area contributed by atoms with Gasteiger partial charge in [-0.1, -0.05) is 30.3 Å². The number of para-hydroxylation sites is 1. The minimum absolute atomic E-state index is 0.125. The molecule has 3 aromatic heterocycles. The van der Waals surface area contributed by atoms with E-state index in [1.807, 2.05) is 36.4 Å². The molecule has 1 aromatic carbocycles. The van der Waals surface area contributed by atoms with E-state index in [1.54, 1.807) is 42.5 Å². The van der Waals surface area contributed by atoms with Gasteiger partial charge in [0, 0.05) is 19.4 Å². The van der Waals surface area contributed by atoms with Crippen LogP contribution in [0.1, 0.15) is 36.8 Å². The molecule has 2 amide bonds. The minimum atomic E-state index is -0.506. The van der Waals surface area contributed by atoms with Gasteiger partial charge in [-0.3, -0.25) is 14.6 Å². The molecule has 34 heavy (non-hydrogen) atoms. The first kappa shape index (κ1) is 22.6. The first-order valence-electron chi connectivity index (χ1n) is 10.6. The van der Waals surface area contributed by atoms with E-state index in [9.17, 15) is 14.7 Å². The summed E-state index contributed by atoms with van der Waals surface area (Å²) in [5.74, 6) is -0.0264. The number of phenols is 1. The average Bonchev–Trinajstić information content (AvgIpc) is 2.79. The van der Waals surface area contributed by atoms with E-state index < -0.39 is 5.92 Å². The summed E-state index contributed by atoms with van der Waals surface area (Å²) in [7, 11) is 0. The predicted molar refractivity (Wildman–Crippen MR) is 129 cm³/mol. The van der Waals surface area contributed by atoms with Crippen LogP contribution in [0.15, 0.2) is 78.9 Å². The van der Waals surface area contributed by atoms with Gasteiger partial charge in [-0.2, -0.15) is 0 Å². The maximum atomic E-state index is 11.6. The molecular formula is C26H23N5O3. The number of aromatic hydroxyl groups is 1. The van der Waals surface area contributed by atoms with Gasteiger partial charge in [0.15, 0.2) is 0 Å². The van der Waals surface area contributed by atoms with E-state index in [0.717, 1.165) is 0 Å². The Morgan fingerprint density at radius 3 is 1.71 bits per heavy atom. The van der Waals surface area contributed by atoms with Gasteiger partial charge in [0.1, 0.15) is 17.4 Å². The van der Waals surface area contributed by atoms with Crippen molar-refractivity contribution in [3.63, 3.8) is 0 Å². The fourth-order valence-corrected chi connectivity index (χ4v) is 3.63. The number of amides is 2. The Morgan fingerprint density at radius 1 is 0.676 bits per heavy atom. The lowest BCUT2D eigenvalue weighted by Crippen LogP contribution is -2.14. The Morgan fingerprint density at radius 2 is 1.18 bits per heavy atom. The molecule has 0 spiro atoms. The monoisotopic (exact) mass is 453 g/mol. The van der Waals surface area contributed by atoms with Gasteiger partial charge < -0.3 is 15.7 Å². The molecule has 4 aromatic rings. The molecule has 3 N–H and O–H groups in total. The number of pyridine rings is 3. The van der Waals surface area contributed by atoms with Crippen LogP contribution >= 0.6 is 0 Å². The fourth-order valence-electron chi connectivity index (χ4n) is 3.63. The Labute approximate surface area is 196 Å². The van der Waals surface area contributed by atoms with E-state index in [4.69, 9.17) is 4.98 Å². The van der Waals surface area contributed by atoms with Gasteiger partial charge in [0.2, 0.25) is 11.8 Å². The quantitative estimate of drug-likeness (QED) is 0.400. The number of phenolic OH excluding ortho intramolecular Hbond substituents is 1. The summed E-state index contributed by atoms with van der Waals surface area (Å²) in [6.45, 7) is 2.84. The van der Waals surface area contributed by atoms with Crippen molar-refractivity contribution in [3.05, 3.63) is 95.9 Å². The summed E-state index contributed by atoms with van der Waals surface area (Å²) in [5, 5.41) is 15.7. The van der Waals surface area contributed by atoms with Gasteiger partial charge in [0.25, 0.3) is 0 Å². The van der Waals surface area contributed by atoms with Crippen LogP contribution in [0.4, 0.5) is 11.6 Å². The highest BCUT2D eigenvalue weighted by Crippen LogP contribution is 2.33. The first-order chi connectivity index (χ1) is 16.4. The normalized spacial score (nSPS) is 10.7. The van der Waals surface area contributed by atoms with E-state index >= 15 is 0 Å². The van der Waals surface area contributed by atoms with Gasteiger partial charge >= 0.3 is 0 Å². The van der Waals surface area contributed by atoms with Crippen LogP contribution < -0.4 is 10.6 Å². The summed E-state index contributed by atoms with van der Waals surface area (Å²) >= 11 is 0. The predicted octanol–water partition coefficient (Wildman–Crippen LogP) is 4.34. The van der Waals surface area contributed by atoms with E-state index in [0.29, 0.717) is 40.0 Å². The van der Waals surface area contributed by atoms with Crippen molar-refractivity contribution < 1.29 is 14.7 Å². The summed E-state index contributed by atoms with van der Waals surface area (Å²) in [6.07, 6.45) is 0. The summed E-state index contributed by atoms with van der Waals surface area (Å²) < 4.78 is 0. The number of rotatable bonds is 6. The molecule has 0 atom stereocenters. The molecule has 0 aliphatic carbocycles. The number of aromatic nitrogens is 3.